The molecular formula is C24H23N3O5. The predicted molar refractivity (Wildman–Crippen MR) is 117 cm³/mol. The zero-order valence-electron chi connectivity index (χ0n) is 17.4. The standard InChI is InChI=1S/C24H23N3O5/c28-22(26-10-12-27(13-11-26)23(29)24(30)7-8-24)19-5-3-17(15-21(19)32-31)16-4-6-20-18(14-16)2-1-9-25-20/h1-6,9,14-15,30-31H,7-8,10-13H2. The van der Waals surface area contributed by atoms with E-state index in [2.05, 4.69) is 9.87 Å². The number of rotatable bonds is 4. The van der Waals surface area contributed by atoms with Crippen LogP contribution in [0.5, 0.6) is 5.75 Å². The van der Waals surface area contributed by atoms with Gasteiger partial charge in [0.25, 0.3) is 11.8 Å². The van der Waals surface area contributed by atoms with Gasteiger partial charge >= 0.3 is 0 Å². The summed E-state index contributed by atoms with van der Waals surface area (Å²) in [4.78, 5) is 37.5. The fraction of sp³-hybridized carbons (Fsp3) is 0.292. The molecule has 8 heteroatoms. The van der Waals surface area contributed by atoms with E-state index in [-0.39, 0.29) is 23.1 Å². The SMILES string of the molecule is O=C(c1ccc(-c2ccc3ncccc3c2)cc1OO)N1CCN(C(=O)C2(O)CC2)CC1. The Kier molecular flexibility index (Phi) is 5.03. The fourth-order valence-electron chi connectivity index (χ4n) is 4.12. The number of hydrogen-bond acceptors (Lipinski definition) is 6. The Balaban J connectivity index is 1.33. The van der Waals surface area contributed by atoms with Gasteiger partial charge in [-0.15, -0.1) is 0 Å². The lowest BCUT2D eigenvalue weighted by molar-refractivity contribution is -0.144. The van der Waals surface area contributed by atoms with Crippen LogP contribution in [0, 0.1) is 0 Å². The maximum absolute atomic E-state index is 13.1. The molecule has 1 aliphatic heterocycles. The molecule has 3 aromatic rings. The van der Waals surface area contributed by atoms with E-state index in [0.717, 1.165) is 22.0 Å². The molecule has 2 aliphatic rings. The van der Waals surface area contributed by atoms with E-state index in [1.165, 1.54) is 0 Å². The fourth-order valence-corrected chi connectivity index (χ4v) is 4.12. The van der Waals surface area contributed by atoms with Gasteiger partial charge in [0.15, 0.2) is 5.75 Å². The van der Waals surface area contributed by atoms with E-state index in [1.54, 1.807) is 28.1 Å². The van der Waals surface area contributed by atoms with Crippen LogP contribution in [0.4, 0.5) is 0 Å². The highest BCUT2D eigenvalue weighted by Gasteiger charge is 2.50. The Labute approximate surface area is 184 Å². The third kappa shape index (κ3) is 3.68. The summed E-state index contributed by atoms with van der Waals surface area (Å²) in [6, 6.07) is 14.8. The molecule has 2 amide bonds. The Morgan fingerprint density at radius 1 is 0.938 bits per heavy atom. The average Bonchev–Trinajstić information content (AvgIpc) is 3.61. The number of carbonyl (C=O) groups is 2. The second kappa shape index (κ2) is 7.89. The Morgan fingerprint density at radius 3 is 2.34 bits per heavy atom. The number of benzene rings is 2. The van der Waals surface area contributed by atoms with Gasteiger partial charge in [-0.1, -0.05) is 18.2 Å². The van der Waals surface area contributed by atoms with Crippen LogP contribution in [0.3, 0.4) is 0 Å². The highest BCUT2D eigenvalue weighted by molar-refractivity contribution is 5.98. The first-order valence-electron chi connectivity index (χ1n) is 10.6. The predicted octanol–water partition coefficient (Wildman–Crippen LogP) is 2.56. The number of piperazine rings is 1. The molecule has 0 radical (unpaired) electrons. The van der Waals surface area contributed by atoms with Gasteiger partial charge in [-0.25, -0.2) is 5.26 Å². The van der Waals surface area contributed by atoms with Crippen LogP contribution in [-0.2, 0) is 4.79 Å². The first kappa shape index (κ1) is 20.4. The van der Waals surface area contributed by atoms with E-state index < -0.39 is 5.60 Å². The summed E-state index contributed by atoms with van der Waals surface area (Å²) in [5.74, 6) is -0.455. The third-order valence-corrected chi connectivity index (χ3v) is 6.22. The molecule has 8 nitrogen and oxygen atoms in total. The summed E-state index contributed by atoms with van der Waals surface area (Å²) in [5, 5.41) is 20.5. The number of fused-ring (bicyclic) bond motifs is 1. The molecule has 2 aromatic carbocycles. The molecule has 2 heterocycles. The molecule has 2 N–H and O–H groups in total. The number of nitrogens with zero attached hydrogens (tertiary/aromatic N) is 3. The largest absolute Gasteiger partial charge is 0.380 e. The lowest BCUT2D eigenvalue weighted by Crippen LogP contribution is -2.53. The number of pyridine rings is 1. The van der Waals surface area contributed by atoms with Crippen LogP contribution in [0.15, 0.2) is 54.7 Å². The number of aliphatic hydroxyl groups is 1. The monoisotopic (exact) mass is 433 g/mol. The van der Waals surface area contributed by atoms with Gasteiger partial charge in [0, 0.05) is 37.8 Å². The number of carbonyl (C=O) groups excluding carboxylic acids is 2. The minimum Gasteiger partial charge on any atom is -0.380 e. The molecule has 5 rings (SSSR count). The van der Waals surface area contributed by atoms with Crippen molar-refractivity contribution in [2.24, 2.45) is 0 Å². The molecular weight excluding hydrogens is 410 g/mol. The topological polar surface area (TPSA) is 103 Å². The van der Waals surface area contributed by atoms with Crippen LogP contribution in [0.1, 0.15) is 23.2 Å². The summed E-state index contributed by atoms with van der Waals surface area (Å²) >= 11 is 0. The Morgan fingerprint density at radius 2 is 1.62 bits per heavy atom. The maximum atomic E-state index is 13.1. The van der Waals surface area contributed by atoms with Crippen molar-refractivity contribution < 1.29 is 24.8 Å². The van der Waals surface area contributed by atoms with Crippen molar-refractivity contribution in [2.75, 3.05) is 26.2 Å². The van der Waals surface area contributed by atoms with E-state index in [9.17, 15) is 20.0 Å². The van der Waals surface area contributed by atoms with Crippen LogP contribution in [-0.4, -0.2) is 68.7 Å². The number of aromatic nitrogens is 1. The summed E-state index contributed by atoms with van der Waals surface area (Å²) < 4.78 is 0. The molecule has 0 atom stereocenters. The van der Waals surface area contributed by atoms with Gasteiger partial charge in [0.2, 0.25) is 0 Å². The van der Waals surface area contributed by atoms with Gasteiger partial charge in [0.05, 0.1) is 11.1 Å². The van der Waals surface area contributed by atoms with Crippen molar-refractivity contribution in [1.82, 2.24) is 14.8 Å². The number of hydrogen-bond donors (Lipinski definition) is 2. The lowest BCUT2D eigenvalue weighted by atomic mass is 10.0. The first-order valence-corrected chi connectivity index (χ1v) is 10.6. The van der Waals surface area contributed by atoms with Crippen LogP contribution in [0.2, 0.25) is 0 Å². The van der Waals surface area contributed by atoms with E-state index in [1.807, 2.05) is 36.4 Å². The molecule has 0 unspecified atom stereocenters. The molecule has 1 aliphatic carbocycles. The summed E-state index contributed by atoms with van der Waals surface area (Å²) in [6.07, 6.45) is 2.74. The molecule has 0 spiro atoms. The van der Waals surface area contributed by atoms with Gasteiger partial charge in [0.1, 0.15) is 5.60 Å². The zero-order chi connectivity index (χ0) is 22.3. The van der Waals surface area contributed by atoms with Crippen molar-refractivity contribution in [3.8, 4) is 16.9 Å². The normalized spacial score (nSPS) is 17.3. The molecule has 2 fully saturated rings. The highest BCUT2D eigenvalue weighted by atomic mass is 17.1. The average molecular weight is 433 g/mol. The van der Waals surface area contributed by atoms with Crippen LogP contribution in [0.25, 0.3) is 22.0 Å². The van der Waals surface area contributed by atoms with Gasteiger partial charge < -0.3 is 19.8 Å². The summed E-state index contributed by atoms with van der Waals surface area (Å²) in [5.41, 5.74) is 1.64. The van der Waals surface area contributed by atoms with Crippen LogP contribution < -0.4 is 4.89 Å². The van der Waals surface area contributed by atoms with Crippen molar-refractivity contribution in [3.63, 3.8) is 0 Å². The smallest absolute Gasteiger partial charge is 0.257 e. The van der Waals surface area contributed by atoms with E-state index in [0.29, 0.717) is 39.0 Å². The van der Waals surface area contributed by atoms with Crippen molar-refractivity contribution in [3.05, 3.63) is 60.3 Å². The van der Waals surface area contributed by atoms with Crippen molar-refractivity contribution in [2.45, 2.75) is 18.4 Å². The molecule has 1 saturated carbocycles. The van der Waals surface area contributed by atoms with E-state index >= 15 is 0 Å². The molecule has 1 aromatic heterocycles. The molecule has 164 valence electrons. The van der Waals surface area contributed by atoms with Gasteiger partial charge in [-0.05, 0) is 54.3 Å². The quantitative estimate of drug-likeness (QED) is 0.484. The zero-order valence-corrected chi connectivity index (χ0v) is 17.4. The second-order valence-corrected chi connectivity index (χ2v) is 8.33. The summed E-state index contributed by atoms with van der Waals surface area (Å²) in [6.45, 7) is 1.44. The van der Waals surface area contributed by atoms with Gasteiger partial charge in [-0.2, -0.15) is 0 Å². The Bertz CT molecular complexity index is 1200. The van der Waals surface area contributed by atoms with Crippen molar-refractivity contribution >= 4 is 22.7 Å². The molecule has 0 bridgehead atoms. The lowest BCUT2D eigenvalue weighted by Gasteiger charge is -2.35. The molecule has 1 saturated heterocycles. The third-order valence-electron chi connectivity index (χ3n) is 6.22. The highest BCUT2D eigenvalue weighted by Crippen LogP contribution is 2.37. The maximum Gasteiger partial charge on any atom is 0.257 e. The first-order chi connectivity index (χ1) is 15.5. The minimum atomic E-state index is -1.20. The van der Waals surface area contributed by atoms with Crippen molar-refractivity contribution in [1.29, 1.82) is 0 Å². The van der Waals surface area contributed by atoms with E-state index in [4.69, 9.17) is 0 Å². The van der Waals surface area contributed by atoms with Crippen LogP contribution >= 0.6 is 0 Å². The summed E-state index contributed by atoms with van der Waals surface area (Å²) in [7, 11) is 0. The minimum absolute atomic E-state index is 0.0737. The Hall–Kier alpha value is -3.49. The van der Waals surface area contributed by atoms with Gasteiger partial charge in [-0.3, -0.25) is 14.6 Å². The molecule has 32 heavy (non-hydrogen) atoms. The second-order valence-electron chi connectivity index (χ2n) is 8.33. The number of amides is 2.